The molecular formula is C9H24Si3. The summed E-state index contributed by atoms with van der Waals surface area (Å²) in [6.45, 7) is 21.7. The molecule has 0 saturated carbocycles. The third-order valence-electron chi connectivity index (χ3n) is 4.00. The number of hydrogen-bond donors (Lipinski definition) is 0. The number of hydrogen-bond acceptors (Lipinski definition) is 0. The van der Waals surface area contributed by atoms with E-state index in [1.54, 1.807) is 0 Å². The minimum atomic E-state index is -1.08. The highest BCUT2D eigenvalue weighted by Crippen LogP contribution is 2.29. The second kappa shape index (κ2) is 3.27. The van der Waals surface area contributed by atoms with Crippen LogP contribution in [0.25, 0.3) is 0 Å². The Kier molecular flexibility index (Phi) is 3.38. The maximum atomic E-state index is 4.03. The molecule has 0 amide bonds. The summed E-state index contributed by atoms with van der Waals surface area (Å²) in [5.41, 5.74) is 2.30. The normalized spacial score (nSPS) is 14.6. The second-order valence-corrected chi connectivity index (χ2v) is 34.8. The van der Waals surface area contributed by atoms with Crippen molar-refractivity contribution in [1.82, 2.24) is 0 Å². The third kappa shape index (κ3) is 2.00. The Morgan fingerprint density at radius 1 is 0.833 bits per heavy atom. The summed E-state index contributed by atoms with van der Waals surface area (Å²) < 4.78 is 0. The van der Waals surface area contributed by atoms with Gasteiger partial charge in [0.1, 0.15) is 0 Å². The second-order valence-electron chi connectivity index (χ2n) is 5.80. The Hall–Kier alpha value is 0.391. The molecule has 0 rings (SSSR count). The summed E-state index contributed by atoms with van der Waals surface area (Å²) in [5.74, 6) is 0. The first-order valence-corrected chi connectivity index (χ1v) is 16.3. The van der Waals surface area contributed by atoms with Crippen LogP contribution in [0.1, 0.15) is 0 Å². The summed E-state index contributed by atoms with van der Waals surface area (Å²) >= 11 is 0. The third-order valence-corrected chi connectivity index (χ3v) is 46.1. The maximum absolute atomic E-state index is 4.03. The lowest BCUT2D eigenvalue weighted by molar-refractivity contribution is 1.74. The van der Waals surface area contributed by atoms with Crippen molar-refractivity contribution < 1.29 is 0 Å². The van der Waals surface area contributed by atoms with Gasteiger partial charge in [-0.05, 0) is 0 Å². The van der Waals surface area contributed by atoms with Crippen LogP contribution in [0.5, 0.6) is 0 Å². The van der Waals surface area contributed by atoms with Crippen molar-refractivity contribution in [3.63, 3.8) is 0 Å². The van der Waals surface area contributed by atoms with Gasteiger partial charge >= 0.3 is 0 Å². The Morgan fingerprint density at radius 2 is 1.17 bits per heavy atom. The van der Waals surface area contributed by atoms with Gasteiger partial charge in [0.15, 0.2) is 0 Å². The minimum Gasteiger partial charge on any atom is -0.107 e. The molecule has 0 aliphatic heterocycles. The Labute approximate surface area is 80.7 Å². The van der Waals surface area contributed by atoms with Crippen molar-refractivity contribution in [3.8, 4) is 0 Å². The monoisotopic (exact) mass is 216 g/mol. The van der Waals surface area contributed by atoms with Gasteiger partial charge in [-0.15, -0.1) is 12.3 Å². The molecular weight excluding hydrogens is 192 g/mol. The molecule has 0 radical (unpaired) electrons. The molecule has 0 N–H and O–H groups in total. The van der Waals surface area contributed by atoms with Gasteiger partial charge in [-0.25, -0.2) is 0 Å². The van der Waals surface area contributed by atoms with Crippen LogP contribution in [0.15, 0.2) is 12.3 Å². The molecule has 0 spiro atoms. The molecule has 3 heteroatoms. The largest absolute Gasteiger partial charge is 0.107 e. The topological polar surface area (TPSA) is 0 Å². The van der Waals surface area contributed by atoms with Crippen molar-refractivity contribution in [2.75, 3.05) is 0 Å². The van der Waals surface area contributed by atoms with E-state index in [2.05, 4.69) is 58.1 Å². The first kappa shape index (κ1) is 12.4. The lowest BCUT2D eigenvalue weighted by atomic mass is 11.3. The molecule has 72 valence electrons. The molecule has 0 aromatic carbocycles. The van der Waals surface area contributed by atoms with Gasteiger partial charge in [-0.2, -0.15) is 0 Å². The van der Waals surface area contributed by atoms with Gasteiger partial charge in [0.25, 0.3) is 0 Å². The van der Waals surface area contributed by atoms with E-state index in [0.29, 0.717) is 0 Å². The first-order valence-electron chi connectivity index (χ1n) is 4.70. The van der Waals surface area contributed by atoms with Crippen molar-refractivity contribution in [1.29, 1.82) is 0 Å². The van der Waals surface area contributed by atoms with Gasteiger partial charge < -0.3 is 0 Å². The fraction of sp³-hybridized carbons (Fsp3) is 0.778. The van der Waals surface area contributed by atoms with E-state index in [1.165, 1.54) is 0 Å². The SMILES string of the molecule is C=C[Si](C)(C)[Si](C)(C)[Si](C)(C)C. The zero-order valence-corrected chi connectivity index (χ0v) is 12.8. The summed E-state index contributed by atoms with van der Waals surface area (Å²) in [6, 6.07) is 0. The van der Waals surface area contributed by atoms with Gasteiger partial charge in [-0.3, -0.25) is 0 Å². The van der Waals surface area contributed by atoms with Gasteiger partial charge in [0.2, 0.25) is 0 Å². The van der Waals surface area contributed by atoms with Crippen LogP contribution in [-0.4, -0.2) is 22.3 Å². The van der Waals surface area contributed by atoms with Crippen LogP contribution in [0.4, 0.5) is 0 Å². The smallest absolute Gasteiger partial charge is 0.0614 e. The lowest BCUT2D eigenvalue weighted by Gasteiger charge is -2.45. The van der Waals surface area contributed by atoms with E-state index in [9.17, 15) is 0 Å². The Morgan fingerprint density at radius 3 is 1.25 bits per heavy atom. The fourth-order valence-corrected chi connectivity index (χ4v) is 29.3. The zero-order chi connectivity index (χ0) is 10.2. The number of rotatable bonds is 3. The molecule has 0 atom stereocenters. The van der Waals surface area contributed by atoms with Crippen LogP contribution in [0, 0.1) is 0 Å². The van der Waals surface area contributed by atoms with Gasteiger partial charge in [0, 0.05) is 14.7 Å². The quantitative estimate of drug-likeness (QED) is 0.632. The van der Waals surface area contributed by atoms with E-state index in [1.807, 2.05) is 0 Å². The molecule has 0 aliphatic carbocycles. The average Bonchev–Trinajstić information content (AvgIpc) is 1.85. The summed E-state index contributed by atoms with van der Waals surface area (Å²) in [4.78, 5) is 0. The Balaban J connectivity index is 4.97. The minimum absolute atomic E-state index is 0.912. The molecule has 0 aromatic rings. The van der Waals surface area contributed by atoms with Crippen molar-refractivity contribution >= 4 is 22.3 Å². The van der Waals surface area contributed by atoms with Crippen molar-refractivity contribution in [3.05, 3.63) is 12.3 Å². The molecule has 0 saturated heterocycles. The highest BCUT2D eigenvalue weighted by atomic mass is 29.6. The van der Waals surface area contributed by atoms with Crippen LogP contribution in [0.2, 0.25) is 45.8 Å². The Bertz CT molecular complexity index is 175. The summed E-state index contributed by atoms with van der Waals surface area (Å²) in [5, 5.41) is 0. The molecule has 12 heavy (non-hydrogen) atoms. The van der Waals surface area contributed by atoms with E-state index in [0.717, 1.165) is 0 Å². The maximum Gasteiger partial charge on any atom is 0.0614 e. The molecule has 0 unspecified atom stereocenters. The van der Waals surface area contributed by atoms with Gasteiger partial charge in [-0.1, -0.05) is 45.8 Å². The molecule has 0 aromatic heterocycles. The van der Waals surface area contributed by atoms with E-state index in [4.69, 9.17) is 0 Å². The molecule has 0 fully saturated rings. The summed E-state index contributed by atoms with van der Waals surface area (Å²) in [6.07, 6.45) is 0. The molecule has 0 bridgehead atoms. The van der Waals surface area contributed by atoms with Crippen LogP contribution < -0.4 is 0 Å². The van der Waals surface area contributed by atoms with Crippen molar-refractivity contribution in [2.45, 2.75) is 45.8 Å². The average molecular weight is 217 g/mol. The molecule has 0 heterocycles. The fourth-order valence-electron chi connectivity index (χ4n) is 1.22. The molecule has 0 nitrogen and oxygen atoms in total. The van der Waals surface area contributed by atoms with Crippen LogP contribution in [-0.2, 0) is 0 Å². The molecule has 0 aliphatic rings. The predicted molar refractivity (Wildman–Crippen MR) is 68.5 cm³/mol. The van der Waals surface area contributed by atoms with Crippen LogP contribution in [0.3, 0.4) is 0 Å². The van der Waals surface area contributed by atoms with Crippen molar-refractivity contribution in [2.24, 2.45) is 0 Å². The first-order chi connectivity index (χ1) is 5.06. The van der Waals surface area contributed by atoms with E-state index >= 15 is 0 Å². The lowest BCUT2D eigenvalue weighted by Crippen LogP contribution is -2.68. The zero-order valence-electron chi connectivity index (χ0n) is 9.78. The van der Waals surface area contributed by atoms with E-state index in [-0.39, 0.29) is 0 Å². The predicted octanol–water partition coefficient (Wildman–Crippen LogP) is 3.62. The standard InChI is InChI=1S/C9H24Si3/c1-9-11(5,6)12(7,8)10(2,3)4/h9H,1H2,2-8H3. The van der Waals surface area contributed by atoms with E-state index < -0.39 is 22.3 Å². The highest BCUT2D eigenvalue weighted by Gasteiger charge is 2.47. The summed E-state index contributed by atoms with van der Waals surface area (Å²) in [7, 11) is -2.96. The highest BCUT2D eigenvalue weighted by molar-refractivity contribution is 7.69. The van der Waals surface area contributed by atoms with Gasteiger partial charge in [0.05, 0.1) is 7.59 Å². The van der Waals surface area contributed by atoms with Crippen LogP contribution >= 0.6 is 0 Å².